The lowest BCUT2D eigenvalue weighted by Gasteiger charge is -2.08. The molecule has 0 radical (unpaired) electrons. The molecule has 4 rings (SSSR count). The van der Waals surface area contributed by atoms with Crippen molar-refractivity contribution in [3.8, 4) is 11.3 Å². The Labute approximate surface area is 183 Å². The molecule has 1 heterocycles. The minimum atomic E-state index is -0.447. The number of rotatable bonds is 6. The van der Waals surface area contributed by atoms with Crippen LogP contribution in [0.4, 0.5) is 5.69 Å². The second-order valence-corrected chi connectivity index (χ2v) is 6.83. The predicted molar refractivity (Wildman–Crippen MR) is 125 cm³/mol. The first-order valence-corrected chi connectivity index (χ1v) is 9.82. The maximum absolute atomic E-state index is 12.9. The van der Waals surface area contributed by atoms with Crippen LogP contribution < -0.4 is 5.43 Å². The summed E-state index contributed by atoms with van der Waals surface area (Å²) in [7, 11) is 0. The molecule has 7 heteroatoms. The molecule has 156 valence electrons. The van der Waals surface area contributed by atoms with Gasteiger partial charge in [0, 0.05) is 23.2 Å². The highest BCUT2D eigenvalue weighted by Gasteiger charge is 2.13. The molecular formula is C25H18N4O3. The minimum absolute atomic E-state index is 0.00196. The highest BCUT2D eigenvalue weighted by atomic mass is 16.6. The quantitative estimate of drug-likeness (QED) is 0.261. The molecule has 7 nitrogen and oxygen atoms in total. The van der Waals surface area contributed by atoms with Crippen LogP contribution in [0.3, 0.4) is 0 Å². The van der Waals surface area contributed by atoms with E-state index < -0.39 is 4.92 Å². The molecule has 0 aliphatic heterocycles. The molecule has 0 atom stereocenters. The maximum Gasteiger partial charge on any atom is 0.276 e. The van der Waals surface area contributed by atoms with Gasteiger partial charge < -0.3 is 0 Å². The maximum atomic E-state index is 12.9. The molecular weight excluding hydrogens is 404 g/mol. The monoisotopic (exact) mass is 422 g/mol. The summed E-state index contributed by atoms with van der Waals surface area (Å²) < 4.78 is 0. The molecule has 0 spiro atoms. The van der Waals surface area contributed by atoms with E-state index in [4.69, 9.17) is 0 Å². The van der Waals surface area contributed by atoms with Crippen molar-refractivity contribution in [3.05, 3.63) is 112 Å². The summed E-state index contributed by atoms with van der Waals surface area (Å²) >= 11 is 0. The molecule has 0 unspecified atom stereocenters. The number of nitrogens with zero attached hydrogens (tertiary/aromatic N) is 3. The predicted octanol–water partition coefficient (Wildman–Crippen LogP) is 5.24. The fourth-order valence-electron chi connectivity index (χ4n) is 3.26. The first-order chi connectivity index (χ1) is 15.6. The van der Waals surface area contributed by atoms with Gasteiger partial charge in [0.05, 0.1) is 27.3 Å². The Kier molecular flexibility index (Phi) is 6.08. The van der Waals surface area contributed by atoms with E-state index in [2.05, 4.69) is 15.5 Å². The zero-order chi connectivity index (χ0) is 22.3. The van der Waals surface area contributed by atoms with Crippen molar-refractivity contribution in [1.82, 2.24) is 10.4 Å². The molecule has 1 amide bonds. The Morgan fingerprint density at radius 3 is 2.50 bits per heavy atom. The number of carbonyl (C=O) groups excluding carboxylic acids is 1. The van der Waals surface area contributed by atoms with Crippen molar-refractivity contribution in [2.24, 2.45) is 5.10 Å². The number of para-hydroxylation sites is 2. The zero-order valence-electron chi connectivity index (χ0n) is 16.9. The fourth-order valence-corrected chi connectivity index (χ4v) is 3.26. The lowest BCUT2D eigenvalue weighted by molar-refractivity contribution is -0.385. The number of nitro benzene ring substituents is 1. The van der Waals surface area contributed by atoms with E-state index in [1.54, 1.807) is 30.3 Å². The molecule has 0 aliphatic rings. The molecule has 1 aromatic heterocycles. The van der Waals surface area contributed by atoms with Crippen molar-refractivity contribution < 1.29 is 9.72 Å². The summed E-state index contributed by atoms with van der Waals surface area (Å²) in [4.78, 5) is 28.1. The van der Waals surface area contributed by atoms with Gasteiger partial charge in [-0.2, -0.15) is 5.10 Å². The number of hydrogen-bond acceptors (Lipinski definition) is 5. The second kappa shape index (κ2) is 9.44. The van der Waals surface area contributed by atoms with Gasteiger partial charge in [-0.3, -0.25) is 14.9 Å². The zero-order valence-corrected chi connectivity index (χ0v) is 16.9. The van der Waals surface area contributed by atoms with Crippen molar-refractivity contribution in [1.29, 1.82) is 0 Å². The topological polar surface area (TPSA) is 97.5 Å². The summed E-state index contributed by atoms with van der Waals surface area (Å²) in [6.45, 7) is 0. The standard InChI is InChI=1S/C25H18N4O3/c30-25(28-26-16-8-12-19-11-4-7-15-24(19)29(31)32)21-17-23(18-9-2-1-3-10-18)27-22-14-6-5-13-20(21)22/h1-17H,(H,28,30)/b12-8-,26-16+. The first-order valence-electron chi connectivity index (χ1n) is 9.82. The van der Waals surface area contributed by atoms with E-state index in [0.29, 0.717) is 22.3 Å². The lowest BCUT2D eigenvalue weighted by Crippen LogP contribution is -2.18. The molecule has 0 fully saturated rings. The molecule has 0 aliphatic carbocycles. The molecule has 0 saturated carbocycles. The number of pyridine rings is 1. The number of amides is 1. The van der Waals surface area contributed by atoms with Crippen molar-refractivity contribution >= 4 is 34.8 Å². The van der Waals surface area contributed by atoms with Crippen LogP contribution in [-0.2, 0) is 0 Å². The third-order valence-electron chi connectivity index (χ3n) is 4.77. The number of allylic oxidation sites excluding steroid dienone is 1. The molecule has 3 aromatic carbocycles. The Bertz CT molecular complexity index is 1350. The summed E-state index contributed by atoms with van der Waals surface area (Å²) in [6, 6.07) is 25.2. The van der Waals surface area contributed by atoms with Gasteiger partial charge in [-0.05, 0) is 30.4 Å². The molecule has 0 bridgehead atoms. The van der Waals surface area contributed by atoms with Crippen molar-refractivity contribution in [3.63, 3.8) is 0 Å². The second-order valence-electron chi connectivity index (χ2n) is 6.83. The van der Waals surface area contributed by atoms with Crippen LogP contribution in [0, 0.1) is 10.1 Å². The van der Waals surface area contributed by atoms with Crippen LogP contribution >= 0.6 is 0 Å². The number of nitrogens with one attached hydrogen (secondary N) is 1. The van der Waals surface area contributed by atoms with E-state index in [-0.39, 0.29) is 11.6 Å². The number of benzene rings is 3. The van der Waals surface area contributed by atoms with Gasteiger partial charge in [0.25, 0.3) is 11.6 Å². The number of aromatic nitrogens is 1. The molecule has 4 aromatic rings. The van der Waals surface area contributed by atoms with Gasteiger partial charge in [-0.15, -0.1) is 0 Å². The molecule has 32 heavy (non-hydrogen) atoms. The van der Waals surface area contributed by atoms with Crippen LogP contribution in [0.15, 0.2) is 96.1 Å². The van der Waals surface area contributed by atoms with E-state index in [1.807, 2.05) is 54.6 Å². The number of hydrogen-bond donors (Lipinski definition) is 1. The van der Waals surface area contributed by atoms with Crippen molar-refractivity contribution in [2.75, 3.05) is 0 Å². The Balaban J connectivity index is 1.56. The van der Waals surface area contributed by atoms with Crippen molar-refractivity contribution in [2.45, 2.75) is 0 Å². The van der Waals surface area contributed by atoms with Gasteiger partial charge >= 0.3 is 0 Å². The number of fused-ring (bicyclic) bond motifs is 1. The average molecular weight is 422 g/mol. The summed E-state index contributed by atoms with van der Waals surface area (Å²) in [6.07, 6.45) is 4.46. The van der Waals surface area contributed by atoms with E-state index in [0.717, 1.165) is 10.9 Å². The van der Waals surface area contributed by atoms with Crippen LogP contribution in [-0.4, -0.2) is 22.0 Å². The largest absolute Gasteiger partial charge is 0.276 e. The highest BCUT2D eigenvalue weighted by molar-refractivity contribution is 6.07. The Hall–Kier alpha value is -4.65. The van der Waals surface area contributed by atoms with Gasteiger partial charge in [0.15, 0.2) is 0 Å². The summed E-state index contributed by atoms with van der Waals surface area (Å²) in [5, 5.41) is 15.7. The number of carbonyl (C=O) groups is 1. The van der Waals surface area contributed by atoms with Crippen LogP contribution in [0.5, 0.6) is 0 Å². The average Bonchev–Trinajstić information content (AvgIpc) is 2.83. The summed E-state index contributed by atoms with van der Waals surface area (Å²) in [5.41, 5.74) is 5.71. The Morgan fingerprint density at radius 1 is 0.969 bits per heavy atom. The van der Waals surface area contributed by atoms with Crippen LogP contribution in [0.1, 0.15) is 15.9 Å². The van der Waals surface area contributed by atoms with E-state index in [1.165, 1.54) is 18.4 Å². The van der Waals surface area contributed by atoms with Gasteiger partial charge in [-0.25, -0.2) is 10.4 Å². The van der Waals surface area contributed by atoms with E-state index in [9.17, 15) is 14.9 Å². The van der Waals surface area contributed by atoms with Crippen LogP contribution in [0.25, 0.3) is 28.2 Å². The SMILES string of the molecule is O=C(N/N=C/C=C\c1ccccc1[N+](=O)[O-])c1cc(-c2ccccc2)nc2ccccc12. The van der Waals surface area contributed by atoms with Gasteiger partial charge in [0.2, 0.25) is 0 Å². The number of nitro groups is 1. The van der Waals surface area contributed by atoms with Gasteiger partial charge in [-0.1, -0.05) is 60.7 Å². The normalized spacial score (nSPS) is 11.2. The first kappa shape index (κ1) is 20.6. The minimum Gasteiger partial charge on any atom is -0.267 e. The molecule has 0 saturated heterocycles. The summed E-state index contributed by atoms with van der Waals surface area (Å²) in [5.74, 6) is -0.379. The third kappa shape index (κ3) is 4.57. The smallest absolute Gasteiger partial charge is 0.267 e. The van der Waals surface area contributed by atoms with Crippen LogP contribution in [0.2, 0.25) is 0 Å². The molecule has 1 N–H and O–H groups in total. The Morgan fingerprint density at radius 2 is 1.69 bits per heavy atom. The van der Waals surface area contributed by atoms with E-state index >= 15 is 0 Å². The lowest BCUT2D eigenvalue weighted by atomic mass is 10.0. The third-order valence-corrected chi connectivity index (χ3v) is 4.77. The fraction of sp³-hybridized carbons (Fsp3) is 0. The number of hydrazone groups is 1. The van der Waals surface area contributed by atoms with Gasteiger partial charge in [0.1, 0.15) is 0 Å². The highest BCUT2D eigenvalue weighted by Crippen LogP contribution is 2.24.